The van der Waals surface area contributed by atoms with Crippen molar-refractivity contribution in [1.29, 1.82) is 0 Å². The first-order valence-corrected chi connectivity index (χ1v) is 23.1. The molecular formula is C47H84O10. The lowest BCUT2D eigenvalue weighted by Crippen LogP contribution is -2.59. The third-order valence-corrected chi connectivity index (χ3v) is 10.5. The highest BCUT2D eigenvalue weighted by Gasteiger charge is 2.44. The van der Waals surface area contributed by atoms with E-state index in [0.717, 1.165) is 57.8 Å². The SMILES string of the molecule is CCCCC/C=C/C/C=C/CCCCCCCCCC(=O)OC[C@@H](CO[C@H]1O[C@@H](CO)[C@@H](O)C(O)C1O)OC(=O)CCCCC/C=C/CCCCCCCCCC. The maximum atomic E-state index is 12.8. The normalized spacial score (nSPS) is 20.6. The van der Waals surface area contributed by atoms with Crippen LogP contribution in [0, 0.1) is 0 Å². The molecule has 0 aromatic rings. The topological polar surface area (TPSA) is 152 Å². The number of carbonyl (C=O) groups excluding carboxylic acids is 2. The molecule has 1 fully saturated rings. The minimum atomic E-state index is -1.60. The summed E-state index contributed by atoms with van der Waals surface area (Å²) in [5.74, 6) is -0.832. The Morgan fingerprint density at radius 3 is 1.53 bits per heavy atom. The molecule has 2 unspecified atom stereocenters. The van der Waals surface area contributed by atoms with E-state index < -0.39 is 49.4 Å². The molecule has 0 aliphatic carbocycles. The van der Waals surface area contributed by atoms with E-state index in [1.54, 1.807) is 0 Å². The number of hydrogen-bond acceptors (Lipinski definition) is 10. The third-order valence-electron chi connectivity index (χ3n) is 10.5. The molecule has 0 aromatic carbocycles. The van der Waals surface area contributed by atoms with Crippen LogP contribution in [0.2, 0.25) is 0 Å². The van der Waals surface area contributed by atoms with Crippen LogP contribution in [-0.4, -0.2) is 89.0 Å². The summed E-state index contributed by atoms with van der Waals surface area (Å²) >= 11 is 0. The maximum absolute atomic E-state index is 12.8. The molecule has 0 saturated carbocycles. The molecule has 1 aliphatic rings. The van der Waals surface area contributed by atoms with Crippen LogP contribution in [0.1, 0.15) is 194 Å². The minimum Gasteiger partial charge on any atom is -0.462 e. The number of hydrogen-bond donors (Lipinski definition) is 4. The fourth-order valence-corrected chi connectivity index (χ4v) is 6.80. The van der Waals surface area contributed by atoms with Crippen molar-refractivity contribution in [2.75, 3.05) is 19.8 Å². The first-order valence-electron chi connectivity index (χ1n) is 23.1. The predicted molar refractivity (Wildman–Crippen MR) is 229 cm³/mol. The lowest BCUT2D eigenvalue weighted by atomic mass is 9.99. The van der Waals surface area contributed by atoms with Gasteiger partial charge in [0.2, 0.25) is 0 Å². The van der Waals surface area contributed by atoms with Gasteiger partial charge in [-0.3, -0.25) is 9.59 Å². The van der Waals surface area contributed by atoms with Gasteiger partial charge in [0, 0.05) is 12.8 Å². The summed E-state index contributed by atoms with van der Waals surface area (Å²) in [6.07, 6.45) is 35.7. The molecular weight excluding hydrogens is 725 g/mol. The van der Waals surface area contributed by atoms with Gasteiger partial charge in [-0.2, -0.15) is 0 Å². The van der Waals surface area contributed by atoms with Crippen LogP contribution in [0.3, 0.4) is 0 Å². The van der Waals surface area contributed by atoms with Crippen molar-refractivity contribution in [2.45, 2.75) is 230 Å². The summed E-state index contributed by atoms with van der Waals surface area (Å²) in [4.78, 5) is 25.3. The fraction of sp³-hybridized carbons (Fsp3) is 0.830. The van der Waals surface area contributed by atoms with Gasteiger partial charge < -0.3 is 39.4 Å². The largest absolute Gasteiger partial charge is 0.462 e. The fourth-order valence-electron chi connectivity index (χ4n) is 6.80. The van der Waals surface area contributed by atoms with Crippen LogP contribution in [0.25, 0.3) is 0 Å². The summed E-state index contributed by atoms with van der Waals surface area (Å²) < 4.78 is 22.1. The molecule has 0 bridgehead atoms. The lowest BCUT2D eigenvalue weighted by molar-refractivity contribution is -0.305. The molecule has 0 radical (unpaired) electrons. The van der Waals surface area contributed by atoms with Crippen molar-refractivity contribution < 1.29 is 49.0 Å². The van der Waals surface area contributed by atoms with E-state index in [4.69, 9.17) is 18.9 Å². The molecule has 0 spiro atoms. The number of allylic oxidation sites excluding steroid dienone is 6. The Balaban J connectivity index is 2.33. The molecule has 1 heterocycles. The van der Waals surface area contributed by atoms with Crippen molar-refractivity contribution in [1.82, 2.24) is 0 Å². The van der Waals surface area contributed by atoms with Gasteiger partial charge in [0.15, 0.2) is 12.4 Å². The number of ether oxygens (including phenoxy) is 4. The van der Waals surface area contributed by atoms with Crippen molar-refractivity contribution in [3.05, 3.63) is 36.5 Å². The van der Waals surface area contributed by atoms with Gasteiger partial charge in [-0.1, -0.05) is 147 Å². The van der Waals surface area contributed by atoms with Crippen LogP contribution in [0.5, 0.6) is 0 Å². The van der Waals surface area contributed by atoms with Crippen LogP contribution < -0.4 is 0 Å². The molecule has 1 rings (SSSR count). The first kappa shape index (κ1) is 52.9. The zero-order chi connectivity index (χ0) is 41.6. The van der Waals surface area contributed by atoms with Gasteiger partial charge in [0.25, 0.3) is 0 Å². The van der Waals surface area contributed by atoms with E-state index in [9.17, 15) is 30.0 Å². The molecule has 332 valence electrons. The van der Waals surface area contributed by atoms with E-state index in [2.05, 4.69) is 50.3 Å². The summed E-state index contributed by atoms with van der Waals surface area (Å²) in [5.41, 5.74) is 0. The van der Waals surface area contributed by atoms with Crippen molar-refractivity contribution in [3.8, 4) is 0 Å². The molecule has 10 nitrogen and oxygen atoms in total. The average Bonchev–Trinajstić information content (AvgIpc) is 3.21. The number of carbonyl (C=O) groups is 2. The first-order chi connectivity index (χ1) is 27.8. The second kappa shape index (κ2) is 38.1. The Morgan fingerprint density at radius 1 is 0.544 bits per heavy atom. The molecule has 10 heteroatoms. The van der Waals surface area contributed by atoms with Crippen LogP contribution in [0.4, 0.5) is 0 Å². The van der Waals surface area contributed by atoms with Crippen LogP contribution in [0.15, 0.2) is 36.5 Å². The highest BCUT2D eigenvalue weighted by Crippen LogP contribution is 2.22. The smallest absolute Gasteiger partial charge is 0.306 e. The predicted octanol–water partition coefficient (Wildman–Crippen LogP) is 9.89. The number of aliphatic hydroxyl groups excluding tert-OH is 4. The number of esters is 2. The van der Waals surface area contributed by atoms with E-state index in [0.29, 0.717) is 12.8 Å². The van der Waals surface area contributed by atoms with Gasteiger partial charge >= 0.3 is 11.9 Å². The Labute approximate surface area is 346 Å². The zero-order valence-electron chi connectivity index (χ0n) is 36.1. The lowest BCUT2D eigenvalue weighted by Gasteiger charge is -2.39. The number of rotatable bonds is 38. The highest BCUT2D eigenvalue weighted by atomic mass is 16.7. The molecule has 0 amide bonds. The third kappa shape index (κ3) is 29.7. The second-order valence-electron chi connectivity index (χ2n) is 15.8. The molecule has 1 saturated heterocycles. The standard InChI is InChI=1S/C47H84O10/c1-3-5-7-9-11-13-15-17-19-20-22-23-25-27-29-31-33-35-42(49)54-38-40(39-55-47-46(53)45(52)44(51)41(37-48)57-47)56-43(50)36-34-32-30-28-26-24-21-18-16-14-12-10-8-6-4-2/h11,13,17,19,24,26,40-41,44-48,51-53H,3-10,12,14-16,18,20-23,25,27-39H2,1-2H3/b13-11+,19-17+,26-24+/t40-,41-,44+,45?,46?,47-/m0/s1. The minimum absolute atomic E-state index is 0.208. The Bertz CT molecular complexity index is 1030. The zero-order valence-corrected chi connectivity index (χ0v) is 36.1. The van der Waals surface area contributed by atoms with Crippen molar-refractivity contribution >= 4 is 11.9 Å². The van der Waals surface area contributed by atoms with Gasteiger partial charge in [-0.15, -0.1) is 0 Å². The van der Waals surface area contributed by atoms with E-state index in [1.165, 1.54) is 96.3 Å². The second-order valence-corrected chi connectivity index (χ2v) is 15.8. The summed E-state index contributed by atoms with van der Waals surface area (Å²) in [6, 6.07) is 0. The van der Waals surface area contributed by atoms with Crippen molar-refractivity contribution in [3.63, 3.8) is 0 Å². The van der Waals surface area contributed by atoms with E-state index >= 15 is 0 Å². The maximum Gasteiger partial charge on any atom is 0.306 e. The van der Waals surface area contributed by atoms with Gasteiger partial charge in [-0.05, 0) is 70.6 Å². The molecule has 0 aromatic heterocycles. The van der Waals surface area contributed by atoms with Crippen LogP contribution in [-0.2, 0) is 28.5 Å². The highest BCUT2D eigenvalue weighted by molar-refractivity contribution is 5.70. The van der Waals surface area contributed by atoms with Gasteiger partial charge in [0.1, 0.15) is 31.0 Å². The van der Waals surface area contributed by atoms with Crippen molar-refractivity contribution in [2.24, 2.45) is 0 Å². The molecule has 57 heavy (non-hydrogen) atoms. The van der Waals surface area contributed by atoms with Gasteiger partial charge in [0.05, 0.1) is 13.2 Å². The molecule has 4 N–H and O–H groups in total. The summed E-state index contributed by atoms with van der Waals surface area (Å²) in [5, 5.41) is 40.1. The average molecular weight is 809 g/mol. The number of unbranched alkanes of at least 4 members (excludes halogenated alkanes) is 21. The quantitative estimate of drug-likeness (QED) is 0.0270. The Kier molecular flexibility index (Phi) is 35.4. The van der Waals surface area contributed by atoms with E-state index in [1.807, 2.05) is 0 Å². The Morgan fingerprint density at radius 2 is 0.982 bits per heavy atom. The summed E-state index contributed by atoms with van der Waals surface area (Å²) in [6.45, 7) is 3.38. The molecule has 1 aliphatic heterocycles. The Hall–Kier alpha value is -2.08. The summed E-state index contributed by atoms with van der Waals surface area (Å²) in [7, 11) is 0. The van der Waals surface area contributed by atoms with Gasteiger partial charge in [-0.25, -0.2) is 0 Å². The molecule has 6 atom stereocenters. The monoisotopic (exact) mass is 809 g/mol. The van der Waals surface area contributed by atoms with Crippen LogP contribution >= 0.6 is 0 Å². The number of aliphatic hydroxyl groups is 4. The van der Waals surface area contributed by atoms with E-state index in [-0.39, 0.29) is 32.0 Å².